The Kier molecular flexibility index (Phi) is 3.77. The Balaban J connectivity index is 2.98. The highest BCUT2D eigenvalue weighted by Gasteiger charge is 2.13. The second-order valence-electron chi connectivity index (χ2n) is 3.46. The van der Waals surface area contributed by atoms with Crippen LogP contribution in [-0.4, -0.2) is 35.2 Å². The minimum atomic E-state index is -3.77. The van der Waals surface area contributed by atoms with Crippen LogP contribution in [0.25, 0.3) is 0 Å². The van der Waals surface area contributed by atoms with Crippen molar-refractivity contribution < 1.29 is 16.8 Å². The van der Waals surface area contributed by atoms with Crippen molar-refractivity contribution in [3.8, 4) is 0 Å². The molecule has 0 spiro atoms. The van der Waals surface area contributed by atoms with E-state index in [9.17, 15) is 16.8 Å². The third-order valence-electron chi connectivity index (χ3n) is 1.91. The third-order valence-corrected chi connectivity index (χ3v) is 4.29. The van der Waals surface area contributed by atoms with E-state index in [1.807, 2.05) is 0 Å². The topological polar surface area (TPSA) is 110 Å². The summed E-state index contributed by atoms with van der Waals surface area (Å²) in [5, 5.41) is 4.91. The maximum absolute atomic E-state index is 11.5. The molecule has 0 atom stereocenters. The summed E-state index contributed by atoms with van der Waals surface area (Å²) < 4.78 is 48.1. The average molecular weight is 279 g/mol. The molecule has 1 aromatic rings. The van der Waals surface area contributed by atoms with Gasteiger partial charge in [0.1, 0.15) is 0 Å². The van der Waals surface area contributed by atoms with Crippen LogP contribution in [0.15, 0.2) is 29.2 Å². The third kappa shape index (κ3) is 3.66. The van der Waals surface area contributed by atoms with Gasteiger partial charge in [-0.2, -0.15) is 12.7 Å². The Morgan fingerprint density at radius 2 is 1.53 bits per heavy atom. The van der Waals surface area contributed by atoms with E-state index in [0.717, 1.165) is 4.31 Å². The molecule has 3 N–H and O–H groups in total. The molecule has 17 heavy (non-hydrogen) atoms. The van der Waals surface area contributed by atoms with Crippen molar-refractivity contribution in [1.29, 1.82) is 0 Å². The molecule has 1 rings (SSSR count). The van der Waals surface area contributed by atoms with Crippen molar-refractivity contribution in [3.63, 3.8) is 0 Å². The minimum Gasteiger partial charge on any atom is -0.271 e. The lowest BCUT2D eigenvalue weighted by Crippen LogP contribution is -2.28. The van der Waals surface area contributed by atoms with E-state index in [1.165, 1.54) is 38.4 Å². The van der Waals surface area contributed by atoms with Gasteiger partial charge in [0.15, 0.2) is 0 Å². The zero-order valence-corrected chi connectivity index (χ0v) is 10.9. The van der Waals surface area contributed by atoms with Gasteiger partial charge in [-0.25, -0.2) is 13.6 Å². The first-order valence-corrected chi connectivity index (χ1v) is 7.45. The molecule has 96 valence electrons. The molecule has 1 aromatic carbocycles. The Morgan fingerprint density at radius 3 is 1.88 bits per heavy atom. The Bertz CT molecular complexity index is 590. The van der Waals surface area contributed by atoms with Crippen LogP contribution in [0.4, 0.5) is 5.69 Å². The second kappa shape index (κ2) is 4.61. The van der Waals surface area contributed by atoms with Crippen LogP contribution < -0.4 is 9.86 Å². The van der Waals surface area contributed by atoms with E-state index >= 15 is 0 Å². The number of sulfonamides is 1. The predicted molar refractivity (Wildman–Crippen MR) is 64.0 cm³/mol. The lowest BCUT2D eigenvalue weighted by Gasteiger charge is -2.13. The molecular weight excluding hydrogens is 266 g/mol. The Morgan fingerprint density at radius 1 is 1.06 bits per heavy atom. The maximum atomic E-state index is 11.5. The van der Waals surface area contributed by atoms with Crippen LogP contribution in [0.2, 0.25) is 0 Å². The van der Waals surface area contributed by atoms with Gasteiger partial charge in [-0.3, -0.25) is 4.72 Å². The highest BCUT2D eigenvalue weighted by molar-refractivity contribution is 7.90. The number of anilines is 1. The van der Waals surface area contributed by atoms with Gasteiger partial charge in [0, 0.05) is 19.8 Å². The van der Waals surface area contributed by atoms with Gasteiger partial charge in [0.2, 0.25) is 10.0 Å². The summed E-state index contributed by atoms with van der Waals surface area (Å²) in [4.78, 5) is -0.0784. The van der Waals surface area contributed by atoms with E-state index in [4.69, 9.17) is 5.14 Å². The molecule has 0 saturated heterocycles. The molecule has 0 fully saturated rings. The fraction of sp³-hybridized carbons (Fsp3) is 0.250. The molecule has 0 aliphatic heterocycles. The summed E-state index contributed by atoms with van der Waals surface area (Å²) in [6.45, 7) is 0. The second-order valence-corrected chi connectivity index (χ2v) is 6.90. The van der Waals surface area contributed by atoms with E-state index in [0.29, 0.717) is 0 Å². The molecule has 0 saturated carbocycles. The molecule has 0 aliphatic carbocycles. The molecule has 0 amide bonds. The summed E-state index contributed by atoms with van der Waals surface area (Å²) in [7, 11) is -4.61. The van der Waals surface area contributed by atoms with Gasteiger partial charge in [-0.15, -0.1) is 0 Å². The van der Waals surface area contributed by atoms with Crippen molar-refractivity contribution in [1.82, 2.24) is 4.31 Å². The van der Waals surface area contributed by atoms with Crippen molar-refractivity contribution in [3.05, 3.63) is 24.3 Å². The smallest absolute Gasteiger partial charge is 0.271 e. The Labute approximate surface area is 100 Å². The molecule has 9 heteroatoms. The molecule has 0 aliphatic rings. The van der Waals surface area contributed by atoms with Crippen LogP contribution in [0.5, 0.6) is 0 Å². The molecule has 0 aromatic heterocycles. The predicted octanol–water partition coefficient (Wildman–Crippen LogP) is -0.448. The van der Waals surface area contributed by atoms with Crippen LogP contribution in [-0.2, 0) is 20.2 Å². The van der Waals surface area contributed by atoms with Gasteiger partial charge in [-0.1, -0.05) is 0 Å². The minimum absolute atomic E-state index is 0.0784. The number of rotatable bonds is 4. The average Bonchev–Trinajstić information content (AvgIpc) is 2.16. The summed E-state index contributed by atoms with van der Waals surface area (Å²) >= 11 is 0. The van der Waals surface area contributed by atoms with Crippen LogP contribution in [0, 0.1) is 0 Å². The van der Waals surface area contributed by atoms with Crippen molar-refractivity contribution >= 4 is 25.9 Å². The summed E-state index contributed by atoms with van der Waals surface area (Å²) in [5.41, 5.74) is 0.256. The molecule has 0 radical (unpaired) electrons. The van der Waals surface area contributed by atoms with Crippen molar-refractivity contribution in [2.24, 2.45) is 5.14 Å². The van der Waals surface area contributed by atoms with Gasteiger partial charge in [-0.05, 0) is 24.3 Å². The van der Waals surface area contributed by atoms with E-state index in [-0.39, 0.29) is 10.6 Å². The zero-order valence-electron chi connectivity index (χ0n) is 9.28. The number of hydrogen-bond donors (Lipinski definition) is 2. The first-order valence-electron chi connectivity index (χ1n) is 4.46. The van der Waals surface area contributed by atoms with Gasteiger partial charge in [0.25, 0.3) is 0 Å². The van der Waals surface area contributed by atoms with Gasteiger partial charge < -0.3 is 0 Å². The number of primary sulfonamides is 1. The van der Waals surface area contributed by atoms with Gasteiger partial charge in [0.05, 0.1) is 4.90 Å². The zero-order chi connectivity index (χ0) is 13.3. The number of benzene rings is 1. The SMILES string of the molecule is CN(C)S(=O)(=O)Nc1ccc(S(N)(=O)=O)cc1. The lowest BCUT2D eigenvalue weighted by atomic mass is 10.3. The summed E-state index contributed by atoms with van der Waals surface area (Å²) in [5.74, 6) is 0. The van der Waals surface area contributed by atoms with Crippen LogP contribution in [0.1, 0.15) is 0 Å². The van der Waals surface area contributed by atoms with Crippen LogP contribution in [0.3, 0.4) is 0 Å². The van der Waals surface area contributed by atoms with Gasteiger partial charge >= 0.3 is 10.2 Å². The molecular formula is C8H13N3O4S2. The molecule has 0 bridgehead atoms. The number of nitrogens with two attached hydrogens (primary N) is 1. The fourth-order valence-electron chi connectivity index (χ4n) is 0.953. The van der Waals surface area contributed by atoms with Crippen molar-refractivity contribution in [2.75, 3.05) is 18.8 Å². The van der Waals surface area contributed by atoms with E-state index in [2.05, 4.69) is 4.72 Å². The first-order chi connectivity index (χ1) is 7.63. The van der Waals surface area contributed by atoms with Crippen molar-refractivity contribution in [2.45, 2.75) is 4.90 Å². The monoisotopic (exact) mass is 279 g/mol. The standard InChI is InChI=1S/C8H13N3O4S2/c1-11(2)17(14,15)10-7-3-5-8(6-4-7)16(9,12)13/h3-6,10H,1-2H3,(H2,9,12,13). The largest absolute Gasteiger partial charge is 0.301 e. The highest BCUT2D eigenvalue weighted by Crippen LogP contribution is 2.14. The number of nitrogens with zero attached hydrogens (tertiary/aromatic N) is 1. The maximum Gasteiger partial charge on any atom is 0.301 e. The fourth-order valence-corrected chi connectivity index (χ4v) is 2.08. The molecule has 0 unspecified atom stereocenters. The highest BCUT2D eigenvalue weighted by atomic mass is 32.2. The normalized spacial score (nSPS) is 12.7. The summed E-state index contributed by atoms with van der Waals surface area (Å²) in [6, 6.07) is 5.09. The first kappa shape index (κ1) is 13.9. The lowest BCUT2D eigenvalue weighted by molar-refractivity contribution is 0.527. The molecule has 0 heterocycles. The number of hydrogen-bond acceptors (Lipinski definition) is 4. The van der Waals surface area contributed by atoms with E-state index < -0.39 is 20.2 Å². The quantitative estimate of drug-likeness (QED) is 0.778. The number of nitrogens with one attached hydrogen (secondary N) is 1. The van der Waals surface area contributed by atoms with Crippen LogP contribution >= 0.6 is 0 Å². The summed E-state index contributed by atoms with van der Waals surface area (Å²) in [6.07, 6.45) is 0. The molecule has 7 nitrogen and oxygen atoms in total. The Hall–Kier alpha value is -1.16. The van der Waals surface area contributed by atoms with E-state index in [1.54, 1.807) is 0 Å².